The quantitative estimate of drug-likeness (QED) is 0.573. The molecule has 2 heterocycles. The molecule has 0 aliphatic carbocycles. The second-order valence-electron chi connectivity index (χ2n) is 5.36. The van der Waals surface area contributed by atoms with Gasteiger partial charge < -0.3 is 9.84 Å². The van der Waals surface area contributed by atoms with Crippen LogP contribution in [0.4, 0.5) is 0 Å². The molecule has 7 heteroatoms. The van der Waals surface area contributed by atoms with E-state index in [2.05, 4.69) is 15.5 Å². The minimum Gasteiger partial charge on any atom is -0.356 e. The number of nitrogens with one attached hydrogen (secondary N) is 1. The number of hydrogen-bond donors (Lipinski definition) is 1. The molecule has 0 aliphatic rings. The molecule has 0 aliphatic heterocycles. The smallest absolute Gasteiger partial charge is 0.280 e. The highest BCUT2D eigenvalue weighted by atomic mass is 35.5. The summed E-state index contributed by atoms with van der Waals surface area (Å²) < 4.78 is 6.30. The Morgan fingerprint density at radius 2 is 1.96 bits per heavy atom. The molecule has 0 atom stereocenters. The SMILES string of the molecule is O=C(NCc1cc(-c2ccc(Cl)cc2)on1)c1nc2ccccc2s1. The largest absolute Gasteiger partial charge is 0.356 e. The van der Waals surface area contributed by atoms with Crippen molar-refractivity contribution < 1.29 is 9.32 Å². The fraction of sp³-hybridized carbons (Fsp3) is 0.0556. The van der Waals surface area contributed by atoms with Gasteiger partial charge in [0.15, 0.2) is 10.8 Å². The van der Waals surface area contributed by atoms with E-state index in [0.29, 0.717) is 21.5 Å². The number of carbonyl (C=O) groups excluding carboxylic acids is 1. The Morgan fingerprint density at radius 1 is 1.16 bits per heavy atom. The number of rotatable bonds is 4. The van der Waals surface area contributed by atoms with E-state index >= 15 is 0 Å². The fourth-order valence-corrected chi connectivity index (χ4v) is 3.37. The number of nitrogens with zero attached hydrogens (tertiary/aromatic N) is 2. The Bertz CT molecular complexity index is 1010. The maximum Gasteiger partial charge on any atom is 0.280 e. The van der Waals surface area contributed by atoms with Crippen LogP contribution < -0.4 is 5.32 Å². The topological polar surface area (TPSA) is 68.0 Å². The lowest BCUT2D eigenvalue weighted by molar-refractivity contribution is 0.0950. The van der Waals surface area contributed by atoms with Crippen molar-refractivity contribution in [2.24, 2.45) is 0 Å². The summed E-state index contributed by atoms with van der Waals surface area (Å²) in [6.07, 6.45) is 0. The summed E-state index contributed by atoms with van der Waals surface area (Å²) in [6.45, 7) is 0.270. The van der Waals surface area contributed by atoms with Crippen molar-refractivity contribution in [2.45, 2.75) is 6.54 Å². The van der Waals surface area contributed by atoms with Crippen molar-refractivity contribution >= 4 is 39.1 Å². The molecule has 0 fully saturated rings. The number of fused-ring (bicyclic) bond motifs is 1. The van der Waals surface area contributed by atoms with Gasteiger partial charge in [-0.25, -0.2) is 4.98 Å². The van der Waals surface area contributed by atoms with Crippen LogP contribution in [0, 0.1) is 0 Å². The second-order valence-corrected chi connectivity index (χ2v) is 6.83. The van der Waals surface area contributed by atoms with Gasteiger partial charge in [0.25, 0.3) is 5.91 Å². The predicted molar refractivity (Wildman–Crippen MR) is 97.7 cm³/mol. The van der Waals surface area contributed by atoms with Crippen LogP contribution in [0.5, 0.6) is 0 Å². The highest BCUT2D eigenvalue weighted by Gasteiger charge is 2.13. The average molecular weight is 370 g/mol. The first-order chi connectivity index (χ1) is 12.2. The molecule has 2 aromatic heterocycles. The average Bonchev–Trinajstić information content (AvgIpc) is 3.27. The Kier molecular flexibility index (Phi) is 4.21. The van der Waals surface area contributed by atoms with Crippen molar-refractivity contribution in [1.29, 1.82) is 0 Å². The fourth-order valence-electron chi connectivity index (χ4n) is 2.36. The third-order valence-electron chi connectivity index (χ3n) is 3.61. The monoisotopic (exact) mass is 369 g/mol. The number of amides is 1. The summed E-state index contributed by atoms with van der Waals surface area (Å²) in [6, 6.07) is 16.7. The van der Waals surface area contributed by atoms with E-state index in [-0.39, 0.29) is 12.5 Å². The molecule has 0 bridgehead atoms. The van der Waals surface area contributed by atoms with Crippen LogP contribution in [0.2, 0.25) is 5.02 Å². The predicted octanol–water partition coefficient (Wildman–Crippen LogP) is 4.53. The molecule has 0 saturated carbocycles. The number of benzene rings is 2. The lowest BCUT2D eigenvalue weighted by Gasteiger charge is -1.98. The molecule has 0 unspecified atom stereocenters. The zero-order chi connectivity index (χ0) is 17.2. The highest BCUT2D eigenvalue weighted by molar-refractivity contribution is 7.20. The van der Waals surface area contributed by atoms with E-state index in [1.165, 1.54) is 11.3 Å². The molecule has 4 aromatic rings. The standard InChI is InChI=1S/C18H12ClN3O2S/c19-12-7-5-11(6-8-12)15-9-13(22-24-15)10-20-17(23)18-21-14-3-1-2-4-16(14)25-18/h1-9H,10H2,(H,20,23). The molecule has 0 radical (unpaired) electrons. The molecule has 4 rings (SSSR count). The third-order valence-corrected chi connectivity index (χ3v) is 4.89. The van der Waals surface area contributed by atoms with Crippen LogP contribution in [0.25, 0.3) is 21.5 Å². The summed E-state index contributed by atoms with van der Waals surface area (Å²) in [4.78, 5) is 16.6. The Labute approximate surface area is 152 Å². The molecule has 5 nitrogen and oxygen atoms in total. The molecule has 0 saturated heterocycles. The zero-order valence-electron chi connectivity index (χ0n) is 12.9. The number of aromatic nitrogens is 2. The summed E-state index contributed by atoms with van der Waals surface area (Å²) in [7, 11) is 0. The van der Waals surface area contributed by atoms with E-state index in [0.717, 1.165) is 15.8 Å². The maximum atomic E-state index is 12.3. The van der Waals surface area contributed by atoms with Crippen molar-refractivity contribution in [3.8, 4) is 11.3 Å². The number of carbonyl (C=O) groups is 1. The molecule has 1 amide bonds. The lowest BCUT2D eigenvalue weighted by Crippen LogP contribution is -2.22. The van der Waals surface area contributed by atoms with Gasteiger partial charge in [0.2, 0.25) is 0 Å². The lowest BCUT2D eigenvalue weighted by atomic mass is 10.1. The van der Waals surface area contributed by atoms with Crippen LogP contribution in [-0.4, -0.2) is 16.0 Å². The van der Waals surface area contributed by atoms with Crippen LogP contribution in [0.3, 0.4) is 0 Å². The van der Waals surface area contributed by atoms with Gasteiger partial charge in [-0.3, -0.25) is 4.79 Å². The highest BCUT2D eigenvalue weighted by Crippen LogP contribution is 2.23. The molecule has 1 N–H and O–H groups in total. The van der Waals surface area contributed by atoms with Crippen LogP contribution >= 0.6 is 22.9 Å². The maximum absolute atomic E-state index is 12.3. The van der Waals surface area contributed by atoms with Gasteiger partial charge in [-0.05, 0) is 36.4 Å². The first kappa shape index (κ1) is 15.8. The van der Waals surface area contributed by atoms with Gasteiger partial charge in [-0.2, -0.15) is 0 Å². The molecular formula is C18H12ClN3O2S. The summed E-state index contributed by atoms with van der Waals surface area (Å²) in [5, 5.41) is 7.89. The van der Waals surface area contributed by atoms with Crippen molar-refractivity contribution in [2.75, 3.05) is 0 Å². The molecule has 25 heavy (non-hydrogen) atoms. The molecular weight excluding hydrogens is 358 g/mol. The minimum atomic E-state index is -0.225. The van der Waals surface area contributed by atoms with E-state index < -0.39 is 0 Å². The van der Waals surface area contributed by atoms with Gasteiger partial charge >= 0.3 is 0 Å². The van der Waals surface area contributed by atoms with E-state index in [4.69, 9.17) is 16.1 Å². The van der Waals surface area contributed by atoms with Crippen molar-refractivity contribution in [3.63, 3.8) is 0 Å². The molecule has 0 spiro atoms. The number of para-hydroxylation sites is 1. The number of halogens is 1. The van der Waals surface area contributed by atoms with Gasteiger partial charge in [0.1, 0.15) is 5.69 Å². The van der Waals surface area contributed by atoms with Gasteiger partial charge in [-0.15, -0.1) is 11.3 Å². The van der Waals surface area contributed by atoms with E-state index in [1.54, 1.807) is 18.2 Å². The van der Waals surface area contributed by atoms with Gasteiger partial charge in [0, 0.05) is 16.7 Å². The summed E-state index contributed by atoms with van der Waals surface area (Å²) >= 11 is 7.24. The van der Waals surface area contributed by atoms with Crippen molar-refractivity contribution in [1.82, 2.24) is 15.5 Å². The van der Waals surface area contributed by atoms with E-state index in [1.807, 2.05) is 36.4 Å². The van der Waals surface area contributed by atoms with Crippen LogP contribution in [0.15, 0.2) is 59.1 Å². The summed E-state index contributed by atoms with van der Waals surface area (Å²) in [5.74, 6) is 0.401. The zero-order valence-corrected chi connectivity index (χ0v) is 14.5. The minimum absolute atomic E-state index is 0.225. The van der Waals surface area contributed by atoms with Crippen molar-refractivity contribution in [3.05, 3.63) is 70.3 Å². The van der Waals surface area contributed by atoms with Gasteiger partial charge in [0.05, 0.1) is 16.8 Å². The Hall–Kier alpha value is -2.70. The number of thiazole rings is 1. The van der Waals surface area contributed by atoms with Crippen LogP contribution in [-0.2, 0) is 6.54 Å². The Morgan fingerprint density at radius 3 is 2.76 bits per heavy atom. The summed E-state index contributed by atoms with van der Waals surface area (Å²) in [5.41, 5.74) is 2.34. The van der Waals surface area contributed by atoms with Crippen LogP contribution in [0.1, 0.15) is 15.5 Å². The third kappa shape index (κ3) is 3.40. The number of hydrogen-bond acceptors (Lipinski definition) is 5. The van der Waals surface area contributed by atoms with E-state index in [9.17, 15) is 4.79 Å². The Balaban J connectivity index is 1.44. The van der Waals surface area contributed by atoms with Gasteiger partial charge in [-0.1, -0.05) is 28.9 Å². The normalized spacial score (nSPS) is 10.9. The first-order valence-corrected chi connectivity index (χ1v) is 8.74. The first-order valence-electron chi connectivity index (χ1n) is 7.54. The second kappa shape index (κ2) is 6.66. The molecule has 124 valence electrons. The molecule has 2 aromatic carbocycles.